The molecule has 1 aromatic carbocycles. The molecule has 1 aromatic rings. The number of ether oxygens (including phenoxy) is 1. The molecule has 0 saturated heterocycles. The van der Waals surface area contributed by atoms with E-state index < -0.39 is 0 Å². The Labute approximate surface area is 102 Å². The molecule has 0 unspecified atom stereocenters. The molecule has 0 spiro atoms. The first-order chi connectivity index (χ1) is 8.11. The van der Waals surface area contributed by atoms with Gasteiger partial charge in [-0.1, -0.05) is 31.2 Å². The molecule has 0 radical (unpaired) electrons. The van der Waals surface area contributed by atoms with Crippen LogP contribution < -0.4 is 0 Å². The largest absolute Gasteiger partial charge is 0.461 e. The van der Waals surface area contributed by atoms with Gasteiger partial charge in [-0.05, 0) is 24.5 Å². The Morgan fingerprint density at radius 3 is 2.24 bits per heavy atom. The van der Waals surface area contributed by atoms with Gasteiger partial charge in [0.25, 0.3) is 0 Å². The lowest BCUT2D eigenvalue weighted by Crippen LogP contribution is -2.03. The molecule has 0 bridgehead atoms. The minimum atomic E-state index is -0.166. The van der Waals surface area contributed by atoms with E-state index in [9.17, 15) is 9.59 Å². The molecule has 3 heteroatoms. The van der Waals surface area contributed by atoms with Crippen LogP contribution in [0.25, 0.3) is 0 Å². The number of rotatable bonds is 6. The quantitative estimate of drug-likeness (QED) is 0.711. The van der Waals surface area contributed by atoms with E-state index >= 15 is 0 Å². The van der Waals surface area contributed by atoms with Crippen LogP contribution >= 0.6 is 0 Å². The molecule has 0 aliphatic rings. The van der Waals surface area contributed by atoms with Crippen LogP contribution in [0.2, 0.25) is 0 Å². The summed E-state index contributed by atoms with van der Waals surface area (Å²) in [5.41, 5.74) is 1.93. The standard InChI is InChI=1S/C14H18O3/c1-3-4-14(16)17-10-13-7-5-12(6-8-13)9-11(2)15/h5-8H,3-4,9-10H2,1-2H3. The lowest BCUT2D eigenvalue weighted by molar-refractivity contribution is -0.145. The van der Waals surface area contributed by atoms with Gasteiger partial charge in [-0.3, -0.25) is 9.59 Å². The monoisotopic (exact) mass is 234 g/mol. The van der Waals surface area contributed by atoms with Gasteiger partial charge in [0.1, 0.15) is 12.4 Å². The smallest absolute Gasteiger partial charge is 0.306 e. The topological polar surface area (TPSA) is 43.4 Å². The van der Waals surface area contributed by atoms with Crippen molar-refractivity contribution in [3.8, 4) is 0 Å². The van der Waals surface area contributed by atoms with E-state index in [1.54, 1.807) is 6.92 Å². The van der Waals surface area contributed by atoms with Crippen LogP contribution in [0.4, 0.5) is 0 Å². The maximum atomic E-state index is 11.2. The average molecular weight is 234 g/mol. The molecule has 0 fully saturated rings. The fourth-order valence-electron chi connectivity index (χ4n) is 1.48. The van der Waals surface area contributed by atoms with Crippen LogP contribution in [-0.2, 0) is 27.4 Å². The van der Waals surface area contributed by atoms with Crippen molar-refractivity contribution in [3.05, 3.63) is 35.4 Å². The normalized spacial score (nSPS) is 10.0. The van der Waals surface area contributed by atoms with Crippen molar-refractivity contribution in [2.75, 3.05) is 0 Å². The third-order valence-corrected chi connectivity index (χ3v) is 2.33. The van der Waals surface area contributed by atoms with Gasteiger partial charge in [-0.2, -0.15) is 0 Å². The van der Waals surface area contributed by atoms with Crippen molar-refractivity contribution in [2.45, 2.75) is 39.7 Å². The van der Waals surface area contributed by atoms with E-state index in [0.29, 0.717) is 19.4 Å². The molecule has 0 amide bonds. The molecule has 0 N–H and O–H groups in total. The van der Waals surface area contributed by atoms with E-state index in [0.717, 1.165) is 17.5 Å². The molecule has 3 nitrogen and oxygen atoms in total. The second-order valence-corrected chi connectivity index (χ2v) is 4.11. The van der Waals surface area contributed by atoms with E-state index in [1.807, 2.05) is 31.2 Å². The van der Waals surface area contributed by atoms with Crippen molar-refractivity contribution in [1.29, 1.82) is 0 Å². The van der Waals surface area contributed by atoms with E-state index in [4.69, 9.17) is 4.74 Å². The summed E-state index contributed by atoms with van der Waals surface area (Å²) >= 11 is 0. The predicted octanol–water partition coefficient (Wildman–Crippen LogP) is 2.66. The maximum Gasteiger partial charge on any atom is 0.306 e. The van der Waals surface area contributed by atoms with Gasteiger partial charge < -0.3 is 4.74 Å². The Balaban J connectivity index is 2.45. The highest BCUT2D eigenvalue weighted by Gasteiger charge is 2.02. The fourth-order valence-corrected chi connectivity index (χ4v) is 1.48. The van der Waals surface area contributed by atoms with Crippen molar-refractivity contribution < 1.29 is 14.3 Å². The molecule has 17 heavy (non-hydrogen) atoms. The van der Waals surface area contributed by atoms with Crippen molar-refractivity contribution in [2.24, 2.45) is 0 Å². The lowest BCUT2D eigenvalue weighted by atomic mass is 10.1. The summed E-state index contributed by atoms with van der Waals surface area (Å²) < 4.78 is 5.08. The molecule has 0 atom stereocenters. The molecule has 0 aliphatic carbocycles. The predicted molar refractivity (Wildman–Crippen MR) is 65.5 cm³/mol. The van der Waals surface area contributed by atoms with Gasteiger partial charge in [0, 0.05) is 12.8 Å². The highest BCUT2D eigenvalue weighted by molar-refractivity contribution is 5.78. The third-order valence-electron chi connectivity index (χ3n) is 2.33. The first-order valence-corrected chi connectivity index (χ1v) is 5.84. The third kappa shape index (κ3) is 5.29. The number of carbonyl (C=O) groups is 2. The van der Waals surface area contributed by atoms with Gasteiger partial charge in [0.2, 0.25) is 0 Å². The van der Waals surface area contributed by atoms with E-state index in [-0.39, 0.29) is 11.8 Å². The number of hydrogen-bond donors (Lipinski definition) is 0. The highest BCUT2D eigenvalue weighted by atomic mass is 16.5. The summed E-state index contributed by atoms with van der Waals surface area (Å²) in [6.07, 6.45) is 1.72. The Morgan fingerprint density at radius 2 is 1.71 bits per heavy atom. The van der Waals surface area contributed by atoms with E-state index in [2.05, 4.69) is 0 Å². The maximum absolute atomic E-state index is 11.2. The summed E-state index contributed by atoms with van der Waals surface area (Å²) in [4.78, 5) is 22.1. The average Bonchev–Trinajstić information content (AvgIpc) is 2.28. The van der Waals surface area contributed by atoms with Crippen LogP contribution in [0.15, 0.2) is 24.3 Å². The van der Waals surface area contributed by atoms with Crippen LogP contribution in [0.5, 0.6) is 0 Å². The number of Topliss-reactive ketones (excluding diaryl/α,β-unsaturated/α-hetero) is 1. The highest BCUT2D eigenvalue weighted by Crippen LogP contribution is 2.07. The van der Waals surface area contributed by atoms with Crippen molar-refractivity contribution >= 4 is 11.8 Å². The van der Waals surface area contributed by atoms with Crippen LogP contribution in [0, 0.1) is 0 Å². The zero-order chi connectivity index (χ0) is 12.7. The molecule has 0 aromatic heterocycles. The molecule has 1 rings (SSSR count). The first kappa shape index (κ1) is 13.4. The molecule has 0 aliphatic heterocycles. The first-order valence-electron chi connectivity index (χ1n) is 5.84. The lowest BCUT2D eigenvalue weighted by Gasteiger charge is -2.05. The molecule has 0 heterocycles. The van der Waals surface area contributed by atoms with Gasteiger partial charge in [-0.25, -0.2) is 0 Å². The van der Waals surface area contributed by atoms with Gasteiger partial charge in [0.05, 0.1) is 0 Å². The summed E-state index contributed by atoms with van der Waals surface area (Å²) in [6, 6.07) is 7.56. The van der Waals surface area contributed by atoms with Crippen molar-refractivity contribution in [3.63, 3.8) is 0 Å². The Bertz CT molecular complexity index is 379. The number of benzene rings is 1. The van der Waals surface area contributed by atoms with E-state index in [1.165, 1.54) is 0 Å². The minimum Gasteiger partial charge on any atom is -0.461 e. The summed E-state index contributed by atoms with van der Waals surface area (Å²) in [5.74, 6) is -0.0209. The summed E-state index contributed by atoms with van der Waals surface area (Å²) in [5, 5.41) is 0. The Kier molecular flexibility index (Phi) is 5.40. The number of carbonyl (C=O) groups excluding carboxylic acids is 2. The fraction of sp³-hybridized carbons (Fsp3) is 0.429. The second-order valence-electron chi connectivity index (χ2n) is 4.11. The Morgan fingerprint density at radius 1 is 1.12 bits per heavy atom. The molecular weight excluding hydrogens is 216 g/mol. The van der Waals surface area contributed by atoms with Gasteiger partial charge in [-0.15, -0.1) is 0 Å². The summed E-state index contributed by atoms with van der Waals surface area (Å²) in [6.45, 7) is 3.82. The van der Waals surface area contributed by atoms with Gasteiger partial charge >= 0.3 is 5.97 Å². The van der Waals surface area contributed by atoms with Crippen LogP contribution in [-0.4, -0.2) is 11.8 Å². The number of ketones is 1. The summed E-state index contributed by atoms with van der Waals surface area (Å²) in [7, 11) is 0. The van der Waals surface area contributed by atoms with Crippen LogP contribution in [0.3, 0.4) is 0 Å². The zero-order valence-corrected chi connectivity index (χ0v) is 10.4. The van der Waals surface area contributed by atoms with Gasteiger partial charge in [0.15, 0.2) is 0 Å². The number of esters is 1. The molecular formula is C14H18O3. The molecule has 0 saturated carbocycles. The Hall–Kier alpha value is -1.64. The van der Waals surface area contributed by atoms with Crippen LogP contribution in [0.1, 0.15) is 37.8 Å². The zero-order valence-electron chi connectivity index (χ0n) is 10.4. The second kappa shape index (κ2) is 6.84. The van der Waals surface area contributed by atoms with Crippen molar-refractivity contribution in [1.82, 2.24) is 0 Å². The SMILES string of the molecule is CCCC(=O)OCc1ccc(CC(C)=O)cc1. The number of hydrogen-bond acceptors (Lipinski definition) is 3. The minimum absolute atomic E-state index is 0.145. The molecule has 92 valence electrons.